The number of non-ortho nitro benzene ring substituents is 1. The quantitative estimate of drug-likeness (QED) is 0.363. The van der Waals surface area contributed by atoms with Crippen molar-refractivity contribution in [2.75, 3.05) is 7.11 Å². The average Bonchev–Trinajstić information content (AvgIpc) is 3.12. The van der Waals surface area contributed by atoms with E-state index in [-0.39, 0.29) is 22.7 Å². The number of benzene rings is 2. The predicted molar refractivity (Wildman–Crippen MR) is 116 cm³/mol. The van der Waals surface area contributed by atoms with Gasteiger partial charge in [-0.15, -0.1) is 0 Å². The number of Topliss-reactive ketones (excluding diaryl/α,β-unsaturated/α-hetero) is 2. The number of ether oxygens (including phenoxy) is 1. The highest BCUT2D eigenvalue weighted by molar-refractivity contribution is 6.07. The Kier molecular flexibility index (Phi) is 5.13. The number of methoxy groups -OCH3 is 1. The van der Waals surface area contributed by atoms with Gasteiger partial charge in [0.2, 0.25) is 0 Å². The summed E-state index contributed by atoms with van der Waals surface area (Å²) in [7, 11) is 1.55. The first kappa shape index (κ1) is 20.8. The van der Waals surface area contributed by atoms with E-state index in [1.807, 2.05) is 32.0 Å². The number of para-hydroxylation sites is 1. The first-order valence-corrected chi connectivity index (χ1v) is 10.2. The molecule has 1 aliphatic carbocycles. The van der Waals surface area contributed by atoms with E-state index in [9.17, 15) is 19.7 Å². The van der Waals surface area contributed by atoms with Crippen molar-refractivity contribution in [3.63, 3.8) is 0 Å². The Morgan fingerprint density at radius 1 is 1.10 bits per heavy atom. The van der Waals surface area contributed by atoms with Gasteiger partial charge in [0.25, 0.3) is 5.69 Å². The summed E-state index contributed by atoms with van der Waals surface area (Å²) in [6, 6.07) is 11.9. The summed E-state index contributed by atoms with van der Waals surface area (Å²) < 4.78 is 5.56. The number of nitrogens with one attached hydrogen (secondary N) is 1. The van der Waals surface area contributed by atoms with E-state index in [4.69, 9.17) is 4.74 Å². The Morgan fingerprint density at radius 3 is 2.42 bits per heavy atom. The Balaban J connectivity index is 1.95. The van der Waals surface area contributed by atoms with Gasteiger partial charge in [-0.05, 0) is 23.1 Å². The molecule has 0 bridgehead atoms. The Morgan fingerprint density at radius 2 is 1.77 bits per heavy atom. The highest BCUT2D eigenvalue weighted by atomic mass is 16.6. The number of H-pyrrole nitrogens is 1. The lowest BCUT2D eigenvalue weighted by atomic mass is 9.65. The second kappa shape index (κ2) is 7.65. The lowest BCUT2D eigenvalue weighted by molar-refractivity contribution is -0.384. The zero-order valence-corrected chi connectivity index (χ0v) is 17.7. The number of hydrogen-bond acceptors (Lipinski definition) is 5. The smallest absolute Gasteiger partial charge is 0.270 e. The standard InChI is InChI=1S/C24H24N2O5/c1-24(2)11-19(27)23(20(28)12-24)22(15-6-4-5-7-21(15)31-3)17-13-25-18-9-8-14(26(29)30)10-16(17)18/h4-10,13,22-23,25H,11-12H2,1-3H3. The van der Waals surface area contributed by atoms with Gasteiger partial charge in [0, 0.05) is 53.6 Å². The van der Waals surface area contributed by atoms with Crippen LogP contribution in [0.4, 0.5) is 5.69 Å². The van der Waals surface area contributed by atoms with Gasteiger partial charge in [-0.2, -0.15) is 0 Å². The molecular formula is C24H24N2O5. The van der Waals surface area contributed by atoms with Gasteiger partial charge in [-0.3, -0.25) is 19.7 Å². The van der Waals surface area contributed by atoms with E-state index >= 15 is 0 Å². The molecule has 1 N–H and O–H groups in total. The van der Waals surface area contributed by atoms with Crippen molar-refractivity contribution in [1.29, 1.82) is 0 Å². The van der Waals surface area contributed by atoms with Crippen LogP contribution in [-0.4, -0.2) is 28.6 Å². The molecule has 1 heterocycles. The van der Waals surface area contributed by atoms with E-state index < -0.39 is 16.8 Å². The molecular weight excluding hydrogens is 396 g/mol. The molecule has 7 heteroatoms. The van der Waals surface area contributed by atoms with E-state index in [1.54, 1.807) is 25.4 Å². The maximum atomic E-state index is 13.3. The molecule has 0 aliphatic heterocycles. The maximum absolute atomic E-state index is 13.3. The molecule has 0 spiro atoms. The molecule has 1 saturated carbocycles. The summed E-state index contributed by atoms with van der Waals surface area (Å²) in [4.78, 5) is 40.6. The van der Waals surface area contributed by atoms with Crippen LogP contribution in [0.25, 0.3) is 10.9 Å². The van der Waals surface area contributed by atoms with Crippen LogP contribution in [0.1, 0.15) is 43.7 Å². The zero-order valence-electron chi connectivity index (χ0n) is 17.7. The van der Waals surface area contributed by atoms with Gasteiger partial charge in [0.15, 0.2) is 0 Å². The second-order valence-electron chi connectivity index (χ2n) is 8.88. The molecule has 160 valence electrons. The van der Waals surface area contributed by atoms with Crippen LogP contribution in [0.15, 0.2) is 48.7 Å². The fourth-order valence-corrected chi connectivity index (χ4v) is 4.73. The molecule has 2 aromatic carbocycles. The summed E-state index contributed by atoms with van der Waals surface area (Å²) in [6.45, 7) is 3.85. The van der Waals surface area contributed by atoms with Crippen LogP contribution >= 0.6 is 0 Å². The fourth-order valence-electron chi connectivity index (χ4n) is 4.73. The number of ketones is 2. The molecule has 1 fully saturated rings. The first-order valence-electron chi connectivity index (χ1n) is 10.2. The number of nitro benzene ring substituents is 1. The molecule has 0 saturated heterocycles. The molecule has 3 aromatic rings. The van der Waals surface area contributed by atoms with Gasteiger partial charge >= 0.3 is 0 Å². The molecule has 1 aromatic heterocycles. The highest BCUT2D eigenvalue weighted by Crippen LogP contribution is 2.46. The van der Waals surface area contributed by atoms with Crippen LogP contribution in [-0.2, 0) is 9.59 Å². The zero-order chi connectivity index (χ0) is 22.3. The van der Waals surface area contributed by atoms with E-state index in [0.717, 1.165) is 0 Å². The average molecular weight is 420 g/mol. The molecule has 1 atom stereocenters. The monoisotopic (exact) mass is 420 g/mol. The van der Waals surface area contributed by atoms with Crippen molar-refractivity contribution >= 4 is 28.2 Å². The van der Waals surface area contributed by atoms with Crippen LogP contribution in [0.3, 0.4) is 0 Å². The topological polar surface area (TPSA) is 102 Å². The van der Waals surface area contributed by atoms with E-state index in [2.05, 4.69) is 4.98 Å². The molecule has 4 rings (SSSR count). The van der Waals surface area contributed by atoms with E-state index in [0.29, 0.717) is 40.6 Å². The number of carbonyl (C=O) groups is 2. The van der Waals surface area contributed by atoms with Crippen molar-refractivity contribution in [3.05, 3.63) is 69.9 Å². The van der Waals surface area contributed by atoms with Gasteiger partial charge in [-0.1, -0.05) is 32.0 Å². The minimum atomic E-state index is -0.873. The minimum Gasteiger partial charge on any atom is -0.496 e. The largest absolute Gasteiger partial charge is 0.496 e. The molecule has 0 radical (unpaired) electrons. The minimum absolute atomic E-state index is 0.0467. The third-order valence-electron chi connectivity index (χ3n) is 6.05. The van der Waals surface area contributed by atoms with Crippen molar-refractivity contribution in [1.82, 2.24) is 4.98 Å². The maximum Gasteiger partial charge on any atom is 0.270 e. The molecule has 31 heavy (non-hydrogen) atoms. The van der Waals surface area contributed by atoms with Crippen molar-refractivity contribution in [2.45, 2.75) is 32.6 Å². The third-order valence-corrected chi connectivity index (χ3v) is 6.05. The Bertz CT molecular complexity index is 1170. The number of nitrogens with zero attached hydrogens (tertiary/aromatic N) is 1. The van der Waals surface area contributed by atoms with Gasteiger partial charge in [0.1, 0.15) is 17.3 Å². The SMILES string of the molecule is COc1ccccc1C(c1c[nH]c2ccc([N+](=O)[O-])cc12)C1C(=O)CC(C)(C)CC1=O. The number of hydrogen-bond donors (Lipinski definition) is 1. The number of aromatic amines is 1. The van der Waals surface area contributed by atoms with Gasteiger partial charge < -0.3 is 9.72 Å². The Hall–Kier alpha value is -3.48. The lowest BCUT2D eigenvalue weighted by Crippen LogP contribution is -2.41. The second-order valence-corrected chi connectivity index (χ2v) is 8.88. The fraction of sp³-hybridized carbons (Fsp3) is 0.333. The summed E-state index contributed by atoms with van der Waals surface area (Å²) in [6.07, 6.45) is 2.35. The first-order chi connectivity index (χ1) is 14.7. The predicted octanol–water partition coefficient (Wildman–Crippen LogP) is 4.79. The van der Waals surface area contributed by atoms with Gasteiger partial charge in [-0.25, -0.2) is 0 Å². The van der Waals surface area contributed by atoms with Gasteiger partial charge in [0.05, 0.1) is 18.0 Å². The van der Waals surface area contributed by atoms with Crippen LogP contribution < -0.4 is 4.74 Å². The number of aromatic nitrogens is 1. The molecule has 7 nitrogen and oxygen atoms in total. The Labute approximate surface area is 179 Å². The highest BCUT2D eigenvalue weighted by Gasteiger charge is 2.45. The molecule has 0 amide bonds. The third kappa shape index (κ3) is 3.71. The van der Waals surface area contributed by atoms with Crippen molar-refractivity contribution < 1.29 is 19.2 Å². The summed E-state index contributed by atoms with van der Waals surface area (Å²) >= 11 is 0. The van der Waals surface area contributed by atoms with Crippen LogP contribution in [0.5, 0.6) is 5.75 Å². The van der Waals surface area contributed by atoms with E-state index in [1.165, 1.54) is 12.1 Å². The summed E-state index contributed by atoms with van der Waals surface area (Å²) in [5.41, 5.74) is 1.67. The molecule has 1 aliphatic rings. The van der Waals surface area contributed by atoms with Crippen LogP contribution in [0.2, 0.25) is 0 Å². The van der Waals surface area contributed by atoms with Crippen molar-refractivity contribution in [3.8, 4) is 5.75 Å². The van der Waals surface area contributed by atoms with Crippen molar-refractivity contribution in [2.24, 2.45) is 11.3 Å². The number of carbonyl (C=O) groups excluding carboxylic acids is 2. The normalized spacial score (nSPS) is 17.6. The summed E-state index contributed by atoms with van der Waals surface area (Å²) in [5, 5.41) is 12.0. The number of nitro groups is 1. The van der Waals surface area contributed by atoms with Crippen LogP contribution in [0, 0.1) is 21.4 Å². The summed E-state index contributed by atoms with van der Waals surface area (Å²) in [5.74, 6) is -1.14. The number of rotatable bonds is 5. The molecule has 1 unspecified atom stereocenters. The lowest BCUT2D eigenvalue weighted by Gasteiger charge is -2.36. The number of fused-ring (bicyclic) bond motifs is 1.